The van der Waals surface area contributed by atoms with Crippen molar-refractivity contribution in [3.63, 3.8) is 0 Å². The first-order valence-corrected chi connectivity index (χ1v) is 7.63. The topological polar surface area (TPSA) is 104 Å². The Balaban J connectivity index is 1.68. The predicted molar refractivity (Wildman–Crippen MR) is 93.6 cm³/mol. The van der Waals surface area contributed by atoms with E-state index in [9.17, 15) is 14.7 Å². The van der Waals surface area contributed by atoms with Gasteiger partial charge in [-0.05, 0) is 35.9 Å². The molecule has 1 heterocycles. The van der Waals surface area contributed by atoms with E-state index < -0.39 is 11.5 Å². The fraction of sp³-hybridized carbons (Fsp3) is 0.111. The smallest absolute Gasteiger partial charge is 0.332 e. The van der Waals surface area contributed by atoms with Crippen LogP contribution in [-0.4, -0.2) is 33.2 Å². The van der Waals surface area contributed by atoms with Crippen LogP contribution in [-0.2, 0) is 16.3 Å². The lowest BCUT2D eigenvalue weighted by molar-refractivity contribution is -0.141. The lowest BCUT2D eigenvalue weighted by Gasteiger charge is -2.05. The van der Waals surface area contributed by atoms with Crippen molar-refractivity contribution >= 4 is 22.9 Å². The lowest BCUT2D eigenvalue weighted by atomic mass is 10.2. The molecule has 0 bridgehead atoms. The molecule has 1 N–H and O–H groups in total. The maximum absolute atomic E-state index is 12.2. The minimum absolute atomic E-state index is 0.00137. The summed E-state index contributed by atoms with van der Waals surface area (Å²) in [6.07, 6.45) is 2.70. The van der Waals surface area contributed by atoms with E-state index in [1.165, 1.54) is 25.3 Å². The van der Waals surface area contributed by atoms with Crippen LogP contribution in [0.25, 0.3) is 17.0 Å². The number of esters is 1. The Bertz CT molecular complexity index is 1040. The van der Waals surface area contributed by atoms with Crippen LogP contribution < -0.4 is 10.3 Å². The van der Waals surface area contributed by atoms with Crippen LogP contribution in [0.2, 0.25) is 0 Å². The monoisotopic (exact) mass is 353 g/mol. The molecule has 0 spiro atoms. The minimum atomic E-state index is -0.654. The molecule has 2 aromatic carbocycles. The van der Waals surface area contributed by atoms with Crippen molar-refractivity contribution in [1.82, 2.24) is 15.0 Å². The third-order valence-corrected chi connectivity index (χ3v) is 3.57. The third kappa shape index (κ3) is 3.69. The first-order valence-electron chi connectivity index (χ1n) is 7.63. The second kappa shape index (κ2) is 7.47. The van der Waals surface area contributed by atoms with Gasteiger partial charge in [-0.3, -0.25) is 4.79 Å². The molecule has 0 saturated carbocycles. The number of carbonyl (C=O) groups excluding carboxylic acids is 1. The molecule has 1 aromatic heterocycles. The van der Waals surface area contributed by atoms with Crippen molar-refractivity contribution in [3.8, 4) is 11.5 Å². The molecule has 0 aliphatic rings. The van der Waals surface area contributed by atoms with Crippen molar-refractivity contribution in [2.45, 2.75) is 6.73 Å². The lowest BCUT2D eigenvalue weighted by Crippen LogP contribution is -2.26. The number of benzene rings is 2. The average Bonchev–Trinajstić information content (AvgIpc) is 2.67. The summed E-state index contributed by atoms with van der Waals surface area (Å²) in [5, 5.41) is 17.6. The summed E-state index contributed by atoms with van der Waals surface area (Å²) < 4.78 is 11.0. The van der Waals surface area contributed by atoms with Gasteiger partial charge in [0, 0.05) is 6.08 Å². The standard InChI is InChI=1S/C18H15N3O5/c1-25-16-10-12(6-8-15(16)22)7-9-17(23)26-11-21-18(24)13-4-2-3-5-14(13)19-20-21/h2-10,22H,11H2,1H3/b9-7+. The molecule has 0 aliphatic heterocycles. The van der Waals surface area contributed by atoms with Gasteiger partial charge in [0.15, 0.2) is 18.2 Å². The zero-order valence-corrected chi connectivity index (χ0v) is 13.8. The highest BCUT2D eigenvalue weighted by Crippen LogP contribution is 2.26. The molecule has 0 amide bonds. The molecule has 8 heteroatoms. The van der Waals surface area contributed by atoms with Gasteiger partial charge in [-0.25, -0.2) is 4.79 Å². The second-order valence-electron chi connectivity index (χ2n) is 5.27. The summed E-state index contributed by atoms with van der Waals surface area (Å²) in [7, 11) is 1.43. The molecule has 8 nitrogen and oxygen atoms in total. The number of rotatable bonds is 5. The summed E-state index contributed by atoms with van der Waals surface area (Å²) in [6, 6.07) is 11.4. The number of nitrogens with zero attached hydrogens (tertiary/aromatic N) is 3. The molecule has 132 valence electrons. The fourth-order valence-electron chi connectivity index (χ4n) is 2.24. The number of ether oxygens (including phenoxy) is 2. The van der Waals surface area contributed by atoms with E-state index in [2.05, 4.69) is 10.3 Å². The Morgan fingerprint density at radius 2 is 2.08 bits per heavy atom. The van der Waals surface area contributed by atoms with Crippen LogP contribution in [0.1, 0.15) is 5.56 Å². The van der Waals surface area contributed by atoms with Gasteiger partial charge in [-0.15, -0.1) is 5.10 Å². The zero-order chi connectivity index (χ0) is 18.5. The Labute approximate surface area is 147 Å². The normalized spacial score (nSPS) is 11.0. The van der Waals surface area contributed by atoms with E-state index in [1.807, 2.05) is 0 Å². The van der Waals surface area contributed by atoms with Crippen LogP contribution in [0, 0.1) is 0 Å². The van der Waals surface area contributed by atoms with Gasteiger partial charge in [0.2, 0.25) is 0 Å². The Morgan fingerprint density at radius 3 is 2.88 bits per heavy atom. The second-order valence-corrected chi connectivity index (χ2v) is 5.27. The van der Waals surface area contributed by atoms with Crippen LogP contribution in [0.4, 0.5) is 0 Å². The number of phenols is 1. The molecular formula is C18H15N3O5. The number of aromatic nitrogens is 3. The molecule has 0 aliphatic carbocycles. The van der Waals surface area contributed by atoms with Gasteiger partial charge >= 0.3 is 5.97 Å². The summed E-state index contributed by atoms with van der Waals surface area (Å²) >= 11 is 0. The Morgan fingerprint density at radius 1 is 1.27 bits per heavy atom. The first-order chi connectivity index (χ1) is 12.6. The number of phenolic OH excluding ortho intramolecular Hbond substituents is 1. The number of hydrogen-bond donors (Lipinski definition) is 1. The van der Waals surface area contributed by atoms with Crippen LogP contribution in [0.3, 0.4) is 0 Å². The Kier molecular flexibility index (Phi) is 4.93. The molecule has 3 aromatic rings. The van der Waals surface area contributed by atoms with Crippen LogP contribution in [0.15, 0.2) is 53.3 Å². The summed E-state index contributed by atoms with van der Waals surface area (Å²) in [4.78, 5) is 24.1. The van der Waals surface area contributed by atoms with E-state index in [0.29, 0.717) is 22.2 Å². The summed E-state index contributed by atoms with van der Waals surface area (Å²) in [5.41, 5.74) is 0.719. The van der Waals surface area contributed by atoms with Gasteiger partial charge in [-0.1, -0.05) is 23.4 Å². The summed E-state index contributed by atoms with van der Waals surface area (Å²) in [6.45, 7) is -0.348. The van der Waals surface area contributed by atoms with Crippen molar-refractivity contribution in [2.75, 3.05) is 7.11 Å². The average molecular weight is 353 g/mol. The van der Waals surface area contributed by atoms with Crippen molar-refractivity contribution < 1.29 is 19.4 Å². The van der Waals surface area contributed by atoms with Crippen molar-refractivity contribution in [1.29, 1.82) is 0 Å². The molecule has 3 rings (SSSR count). The van der Waals surface area contributed by atoms with Gasteiger partial charge in [0.05, 0.1) is 12.5 Å². The fourth-order valence-corrected chi connectivity index (χ4v) is 2.24. The van der Waals surface area contributed by atoms with Crippen molar-refractivity contribution in [3.05, 3.63) is 64.5 Å². The number of hydrogen-bond acceptors (Lipinski definition) is 7. The van der Waals surface area contributed by atoms with Gasteiger partial charge in [0.1, 0.15) is 5.52 Å². The molecule has 0 unspecified atom stereocenters. The van der Waals surface area contributed by atoms with E-state index in [1.54, 1.807) is 36.4 Å². The summed E-state index contributed by atoms with van der Waals surface area (Å²) in [5.74, 6) is -0.362. The molecule has 0 saturated heterocycles. The quantitative estimate of drug-likeness (QED) is 0.550. The maximum Gasteiger partial charge on any atom is 0.332 e. The first kappa shape index (κ1) is 17.2. The van der Waals surface area contributed by atoms with Crippen LogP contribution >= 0.6 is 0 Å². The van der Waals surface area contributed by atoms with E-state index in [4.69, 9.17) is 9.47 Å². The van der Waals surface area contributed by atoms with Crippen molar-refractivity contribution in [2.24, 2.45) is 0 Å². The largest absolute Gasteiger partial charge is 0.504 e. The number of methoxy groups -OCH3 is 1. The maximum atomic E-state index is 12.2. The van der Waals surface area contributed by atoms with Crippen LogP contribution in [0.5, 0.6) is 11.5 Å². The van der Waals surface area contributed by atoms with Gasteiger partial charge < -0.3 is 14.6 Å². The number of aromatic hydroxyl groups is 1. The SMILES string of the molecule is COc1cc(/C=C/C(=O)OCn2nnc3ccccc3c2=O)ccc1O. The molecule has 0 radical (unpaired) electrons. The highest BCUT2D eigenvalue weighted by molar-refractivity contribution is 5.87. The highest BCUT2D eigenvalue weighted by atomic mass is 16.5. The van der Waals surface area contributed by atoms with Gasteiger partial charge in [0.25, 0.3) is 5.56 Å². The third-order valence-electron chi connectivity index (χ3n) is 3.57. The zero-order valence-electron chi connectivity index (χ0n) is 13.8. The molecule has 0 atom stereocenters. The predicted octanol–water partition coefficient (Wildman–Crippen LogP) is 1.72. The molecule has 26 heavy (non-hydrogen) atoms. The number of carbonyl (C=O) groups is 1. The van der Waals surface area contributed by atoms with E-state index >= 15 is 0 Å². The van der Waals surface area contributed by atoms with E-state index in [0.717, 1.165) is 4.68 Å². The molecule has 0 fully saturated rings. The minimum Gasteiger partial charge on any atom is -0.504 e. The molecular weight excluding hydrogens is 338 g/mol. The number of fused-ring (bicyclic) bond motifs is 1. The van der Waals surface area contributed by atoms with Gasteiger partial charge in [-0.2, -0.15) is 4.68 Å². The highest BCUT2D eigenvalue weighted by Gasteiger charge is 2.07. The Hall–Kier alpha value is -3.68. The van der Waals surface area contributed by atoms with E-state index in [-0.39, 0.29) is 12.5 Å².